The standard InChI is InChI=1S/C15H28N2O/c1-8-9(2)11-12(18)17(10(3)16-11)13-14(4,5)15(13,6)7/h9-11,13,16H,8H2,1-7H3. The summed E-state index contributed by atoms with van der Waals surface area (Å²) in [6.45, 7) is 15.5. The first-order valence-electron chi connectivity index (χ1n) is 7.24. The smallest absolute Gasteiger partial charge is 0.241 e. The van der Waals surface area contributed by atoms with Crippen LogP contribution in [0, 0.1) is 16.7 Å². The minimum atomic E-state index is 0.0113. The van der Waals surface area contributed by atoms with Gasteiger partial charge >= 0.3 is 0 Å². The molecule has 3 heteroatoms. The Morgan fingerprint density at radius 2 is 1.78 bits per heavy atom. The lowest BCUT2D eigenvalue weighted by Gasteiger charge is -2.23. The summed E-state index contributed by atoms with van der Waals surface area (Å²) < 4.78 is 0. The van der Waals surface area contributed by atoms with Crippen molar-refractivity contribution in [2.45, 2.75) is 73.1 Å². The highest BCUT2D eigenvalue weighted by Crippen LogP contribution is 2.66. The van der Waals surface area contributed by atoms with Crippen molar-refractivity contribution in [3.63, 3.8) is 0 Å². The Morgan fingerprint density at radius 1 is 1.28 bits per heavy atom. The molecule has 18 heavy (non-hydrogen) atoms. The Labute approximate surface area is 111 Å². The molecule has 1 aliphatic heterocycles. The van der Waals surface area contributed by atoms with Crippen molar-refractivity contribution in [1.29, 1.82) is 0 Å². The molecule has 0 radical (unpaired) electrons. The van der Waals surface area contributed by atoms with Gasteiger partial charge in [0.2, 0.25) is 5.91 Å². The number of nitrogens with zero attached hydrogens (tertiary/aromatic N) is 1. The maximum atomic E-state index is 12.6. The monoisotopic (exact) mass is 252 g/mol. The zero-order valence-corrected chi connectivity index (χ0v) is 12.9. The maximum Gasteiger partial charge on any atom is 0.241 e. The van der Waals surface area contributed by atoms with Gasteiger partial charge in [0.05, 0.1) is 12.2 Å². The first kappa shape index (κ1) is 13.9. The summed E-state index contributed by atoms with van der Waals surface area (Å²) in [7, 11) is 0. The molecule has 0 aromatic rings. The third-order valence-electron chi connectivity index (χ3n) is 5.79. The topological polar surface area (TPSA) is 32.3 Å². The van der Waals surface area contributed by atoms with Gasteiger partial charge in [0, 0.05) is 6.04 Å². The fourth-order valence-corrected chi connectivity index (χ4v) is 3.61. The number of amides is 1. The Morgan fingerprint density at radius 3 is 2.17 bits per heavy atom. The molecule has 104 valence electrons. The molecule has 1 N–H and O–H groups in total. The van der Waals surface area contributed by atoms with Gasteiger partial charge in [0.1, 0.15) is 0 Å². The van der Waals surface area contributed by atoms with E-state index in [4.69, 9.17) is 0 Å². The van der Waals surface area contributed by atoms with Crippen LogP contribution in [0.4, 0.5) is 0 Å². The van der Waals surface area contributed by atoms with E-state index in [-0.39, 0.29) is 23.0 Å². The molecule has 2 aliphatic rings. The second-order valence-corrected chi connectivity index (χ2v) is 7.30. The van der Waals surface area contributed by atoms with Crippen LogP contribution in [-0.4, -0.2) is 29.1 Å². The van der Waals surface area contributed by atoms with Gasteiger partial charge in [-0.2, -0.15) is 0 Å². The van der Waals surface area contributed by atoms with E-state index in [1.54, 1.807) is 0 Å². The van der Waals surface area contributed by atoms with E-state index in [1.165, 1.54) is 0 Å². The molecular formula is C15H28N2O. The van der Waals surface area contributed by atoms with Crippen molar-refractivity contribution in [2.24, 2.45) is 16.7 Å². The van der Waals surface area contributed by atoms with Crippen LogP contribution in [0.3, 0.4) is 0 Å². The highest BCUT2D eigenvalue weighted by molar-refractivity contribution is 5.85. The van der Waals surface area contributed by atoms with Gasteiger partial charge in [-0.25, -0.2) is 0 Å². The minimum Gasteiger partial charge on any atom is -0.322 e. The molecule has 1 saturated carbocycles. The normalized spacial score (nSPS) is 35.9. The van der Waals surface area contributed by atoms with Crippen LogP contribution in [0.2, 0.25) is 0 Å². The molecule has 1 amide bonds. The molecule has 0 aromatic carbocycles. The molecule has 1 saturated heterocycles. The van der Waals surface area contributed by atoms with E-state index in [2.05, 4.69) is 58.7 Å². The molecule has 0 aromatic heterocycles. The fraction of sp³-hybridized carbons (Fsp3) is 0.933. The molecule has 3 atom stereocenters. The molecule has 3 unspecified atom stereocenters. The van der Waals surface area contributed by atoms with Gasteiger partial charge in [0.15, 0.2) is 0 Å². The predicted molar refractivity (Wildman–Crippen MR) is 74.0 cm³/mol. The van der Waals surface area contributed by atoms with E-state index in [0.717, 1.165) is 6.42 Å². The van der Waals surface area contributed by atoms with Crippen LogP contribution < -0.4 is 5.32 Å². The second-order valence-electron chi connectivity index (χ2n) is 7.30. The SMILES string of the molecule is CCC(C)C1NC(C)N(C2C(C)(C)C2(C)C)C1=O. The first-order valence-corrected chi connectivity index (χ1v) is 7.24. The van der Waals surface area contributed by atoms with Gasteiger partial charge in [-0.15, -0.1) is 0 Å². The average molecular weight is 252 g/mol. The summed E-state index contributed by atoms with van der Waals surface area (Å²) in [4.78, 5) is 14.7. The van der Waals surface area contributed by atoms with Crippen LogP contribution in [0.5, 0.6) is 0 Å². The Hall–Kier alpha value is -0.570. The van der Waals surface area contributed by atoms with Crippen molar-refractivity contribution in [3.05, 3.63) is 0 Å². The van der Waals surface area contributed by atoms with E-state index in [9.17, 15) is 4.79 Å². The van der Waals surface area contributed by atoms with Crippen LogP contribution in [0.25, 0.3) is 0 Å². The molecule has 2 fully saturated rings. The van der Waals surface area contributed by atoms with Gasteiger partial charge in [-0.05, 0) is 23.7 Å². The van der Waals surface area contributed by atoms with Crippen molar-refractivity contribution in [2.75, 3.05) is 0 Å². The number of carbonyl (C=O) groups excluding carboxylic acids is 1. The third kappa shape index (κ3) is 1.63. The van der Waals surface area contributed by atoms with Gasteiger partial charge < -0.3 is 4.90 Å². The third-order valence-corrected chi connectivity index (χ3v) is 5.79. The van der Waals surface area contributed by atoms with Crippen LogP contribution in [0.1, 0.15) is 54.9 Å². The molecular weight excluding hydrogens is 224 g/mol. The van der Waals surface area contributed by atoms with Crippen molar-refractivity contribution < 1.29 is 4.79 Å². The molecule has 0 bridgehead atoms. The number of rotatable bonds is 3. The van der Waals surface area contributed by atoms with Gasteiger partial charge in [-0.1, -0.05) is 48.0 Å². The summed E-state index contributed by atoms with van der Waals surface area (Å²) in [5.41, 5.74) is 0.450. The molecule has 1 heterocycles. The zero-order valence-electron chi connectivity index (χ0n) is 12.9. The average Bonchev–Trinajstić information content (AvgIpc) is 2.54. The molecule has 0 spiro atoms. The summed E-state index contributed by atoms with van der Waals surface area (Å²) in [5.74, 6) is 0.718. The van der Waals surface area contributed by atoms with Crippen LogP contribution in [-0.2, 0) is 4.79 Å². The number of hydrogen-bond donors (Lipinski definition) is 1. The largest absolute Gasteiger partial charge is 0.322 e. The zero-order chi connectivity index (χ0) is 13.9. The summed E-state index contributed by atoms with van der Waals surface area (Å²) in [5, 5.41) is 3.48. The van der Waals surface area contributed by atoms with Crippen LogP contribution in [0.15, 0.2) is 0 Å². The van der Waals surface area contributed by atoms with Crippen molar-refractivity contribution in [3.8, 4) is 0 Å². The van der Waals surface area contributed by atoms with Gasteiger partial charge in [-0.3, -0.25) is 10.1 Å². The van der Waals surface area contributed by atoms with E-state index in [1.807, 2.05) is 0 Å². The lowest BCUT2D eigenvalue weighted by Crippen LogP contribution is -2.39. The lowest BCUT2D eigenvalue weighted by atomic mass is 9.99. The van der Waals surface area contributed by atoms with Crippen molar-refractivity contribution in [1.82, 2.24) is 10.2 Å². The minimum absolute atomic E-state index is 0.0113. The van der Waals surface area contributed by atoms with Gasteiger partial charge in [0.25, 0.3) is 0 Å². The predicted octanol–water partition coefficient (Wildman–Crippen LogP) is 2.61. The van der Waals surface area contributed by atoms with E-state index in [0.29, 0.717) is 17.9 Å². The number of hydrogen-bond acceptors (Lipinski definition) is 2. The summed E-state index contributed by atoms with van der Waals surface area (Å²) in [6.07, 6.45) is 1.21. The summed E-state index contributed by atoms with van der Waals surface area (Å²) >= 11 is 0. The first-order chi connectivity index (χ1) is 8.16. The lowest BCUT2D eigenvalue weighted by molar-refractivity contribution is -0.132. The van der Waals surface area contributed by atoms with Crippen LogP contribution >= 0.6 is 0 Å². The fourth-order valence-electron chi connectivity index (χ4n) is 3.61. The highest BCUT2D eigenvalue weighted by atomic mass is 16.2. The number of carbonyl (C=O) groups is 1. The molecule has 1 aliphatic carbocycles. The molecule has 2 rings (SSSR count). The Balaban J connectivity index is 2.19. The quantitative estimate of drug-likeness (QED) is 0.837. The van der Waals surface area contributed by atoms with E-state index < -0.39 is 0 Å². The second kappa shape index (κ2) is 3.96. The number of nitrogens with one attached hydrogen (secondary N) is 1. The maximum absolute atomic E-state index is 12.6. The molecule has 3 nitrogen and oxygen atoms in total. The Bertz CT molecular complexity index is 348. The van der Waals surface area contributed by atoms with E-state index >= 15 is 0 Å². The summed E-state index contributed by atoms with van der Waals surface area (Å²) in [6, 6.07) is 0.381. The Kier molecular flexibility index (Phi) is 3.05. The van der Waals surface area contributed by atoms with Crippen molar-refractivity contribution >= 4 is 5.91 Å². The highest BCUT2D eigenvalue weighted by Gasteiger charge is 2.69.